The van der Waals surface area contributed by atoms with Crippen molar-refractivity contribution in [1.29, 1.82) is 0 Å². The summed E-state index contributed by atoms with van der Waals surface area (Å²) in [5.74, 6) is 2.34. The predicted octanol–water partition coefficient (Wildman–Crippen LogP) is 2.34. The van der Waals surface area contributed by atoms with Gasteiger partial charge < -0.3 is 15.1 Å². The molecular weight excluding hydrogens is 419 g/mol. The molecule has 0 radical (unpaired) electrons. The standard InChI is InChI=1S/C16H18N6O.HI/c1-17-16(20-12-14-6-3-10-23-14)19-11-13-5-2-7-18-15(13)22-9-4-8-21-22;/h2-10H,11-12H2,1H3,(H2,17,19,20);1H. The van der Waals surface area contributed by atoms with Gasteiger partial charge in [-0.1, -0.05) is 6.07 Å². The van der Waals surface area contributed by atoms with Gasteiger partial charge in [0.25, 0.3) is 0 Å². The lowest BCUT2D eigenvalue weighted by molar-refractivity contribution is 0.501. The van der Waals surface area contributed by atoms with E-state index in [-0.39, 0.29) is 24.0 Å². The molecule has 0 amide bonds. The molecule has 0 saturated carbocycles. The van der Waals surface area contributed by atoms with Crippen molar-refractivity contribution in [1.82, 2.24) is 25.4 Å². The number of pyridine rings is 1. The number of hydrogen-bond acceptors (Lipinski definition) is 4. The smallest absolute Gasteiger partial charge is 0.191 e. The monoisotopic (exact) mass is 438 g/mol. The Morgan fingerprint density at radius 2 is 2.04 bits per heavy atom. The number of furan rings is 1. The van der Waals surface area contributed by atoms with Gasteiger partial charge >= 0.3 is 0 Å². The van der Waals surface area contributed by atoms with E-state index >= 15 is 0 Å². The van der Waals surface area contributed by atoms with Gasteiger partial charge in [0.15, 0.2) is 11.8 Å². The Balaban J connectivity index is 0.00000208. The molecule has 3 aromatic rings. The van der Waals surface area contributed by atoms with Crippen LogP contribution in [0.2, 0.25) is 0 Å². The number of aromatic nitrogens is 3. The third kappa shape index (κ3) is 4.57. The maximum absolute atomic E-state index is 5.29. The van der Waals surface area contributed by atoms with Crippen molar-refractivity contribution < 1.29 is 4.42 Å². The molecule has 0 aliphatic rings. The average molecular weight is 438 g/mol. The molecule has 0 saturated heterocycles. The molecule has 0 aliphatic carbocycles. The second-order valence-corrected chi connectivity index (χ2v) is 4.80. The first kappa shape index (κ1) is 18.0. The SMILES string of the molecule is CN=C(NCc1ccco1)NCc1cccnc1-n1cccn1.I. The molecule has 2 N–H and O–H groups in total. The van der Waals surface area contributed by atoms with Crippen molar-refractivity contribution in [2.45, 2.75) is 13.1 Å². The molecule has 7 nitrogen and oxygen atoms in total. The van der Waals surface area contributed by atoms with Crippen LogP contribution in [0.1, 0.15) is 11.3 Å². The lowest BCUT2D eigenvalue weighted by atomic mass is 10.2. The molecule has 24 heavy (non-hydrogen) atoms. The number of hydrogen-bond donors (Lipinski definition) is 2. The Morgan fingerprint density at radius 1 is 1.17 bits per heavy atom. The highest BCUT2D eigenvalue weighted by Crippen LogP contribution is 2.09. The number of guanidine groups is 1. The van der Waals surface area contributed by atoms with Gasteiger partial charge in [0.2, 0.25) is 0 Å². The second kappa shape index (κ2) is 9.06. The minimum Gasteiger partial charge on any atom is -0.467 e. The van der Waals surface area contributed by atoms with Crippen LogP contribution in [0.4, 0.5) is 0 Å². The lowest BCUT2D eigenvalue weighted by Crippen LogP contribution is -2.36. The normalized spacial score (nSPS) is 11.0. The van der Waals surface area contributed by atoms with Crippen LogP contribution in [-0.4, -0.2) is 27.8 Å². The van der Waals surface area contributed by atoms with Crippen molar-refractivity contribution in [2.24, 2.45) is 4.99 Å². The first-order valence-electron chi connectivity index (χ1n) is 7.27. The lowest BCUT2D eigenvalue weighted by Gasteiger charge is -2.13. The highest BCUT2D eigenvalue weighted by atomic mass is 127. The minimum atomic E-state index is 0. The van der Waals surface area contributed by atoms with Crippen LogP contribution in [0, 0.1) is 0 Å². The maximum atomic E-state index is 5.29. The van der Waals surface area contributed by atoms with Crippen molar-refractivity contribution in [3.8, 4) is 5.82 Å². The third-order valence-electron chi connectivity index (χ3n) is 3.27. The molecule has 0 bridgehead atoms. The van der Waals surface area contributed by atoms with Crippen LogP contribution >= 0.6 is 24.0 Å². The van der Waals surface area contributed by atoms with Gasteiger partial charge in [0, 0.05) is 37.7 Å². The molecule has 0 fully saturated rings. The summed E-state index contributed by atoms with van der Waals surface area (Å²) < 4.78 is 7.04. The molecule has 0 atom stereocenters. The Kier molecular flexibility index (Phi) is 6.79. The van der Waals surface area contributed by atoms with E-state index in [0.29, 0.717) is 19.0 Å². The fourth-order valence-corrected chi connectivity index (χ4v) is 2.15. The topological polar surface area (TPSA) is 80.3 Å². The van der Waals surface area contributed by atoms with E-state index in [1.807, 2.05) is 36.5 Å². The fraction of sp³-hybridized carbons (Fsp3) is 0.188. The largest absolute Gasteiger partial charge is 0.467 e. The van der Waals surface area contributed by atoms with Crippen LogP contribution in [0.5, 0.6) is 0 Å². The summed E-state index contributed by atoms with van der Waals surface area (Å²) in [6.45, 7) is 1.16. The number of aliphatic imine (C=N–C) groups is 1. The second-order valence-electron chi connectivity index (χ2n) is 4.80. The first-order chi connectivity index (χ1) is 11.4. The van der Waals surface area contributed by atoms with Crippen molar-refractivity contribution in [3.05, 3.63) is 66.5 Å². The van der Waals surface area contributed by atoms with E-state index in [0.717, 1.165) is 17.1 Å². The van der Waals surface area contributed by atoms with E-state index in [2.05, 4.69) is 25.7 Å². The molecule has 3 aromatic heterocycles. The molecule has 0 unspecified atom stereocenters. The summed E-state index contributed by atoms with van der Waals surface area (Å²) in [7, 11) is 1.73. The minimum absolute atomic E-state index is 0. The molecule has 126 valence electrons. The van der Waals surface area contributed by atoms with Crippen molar-refractivity contribution >= 4 is 29.9 Å². The number of halogens is 1. The van der Waals surface area contributed by atoms with Crippen LogP contribution in [0.15, 0.2) is 64.6 Å². The molecule has 0 spiro atoms. The van der Waals surface area contributed by atoms with Gasteiger partial charge in [-0.3, -0.25) is 4.99 Å². The fourth-order valence-electron chi connectivity index (χ4n) is 2.15. The van der Waals surface area contributed by atoms with Gasteiger partial charge in [0.1, 0.15) is 5.76 Å². The van der Waals surface area contributed by atoms with Crippen molar-refractivity contribution in [2.75, 3.05) is 7.05 Å². The van der Waals surface area contributed by atoms with E-state index < -0.39 is 0 Å². The Morgan fingerprint density at radius 3 is 2.75 bits per heavy atom. The summed E-state index contributed by atoms with van der Waals surface area (Å²) in [6.07, 6.45) is 7.01. The Labute approximate surface area is 157 Å². The van der Waals surface area contributed by atoms with Crippen LogP contribution in [0.3, 0.4) is 0 Å². The van der Waals surface area contributed by atoms with E-state index in [1.165, 1.54) is 0 Å². The summed E-state index contributed by atoms with van der Waals surface area (Å²) in [4.78, 5) is 8.60. The van der Waals surface area contributed by atoms with Crippen molar-refractivity contribution in [3.63, 3.8) is 0 Å². The third-order valence-corrected chi connectivity index (χ3v) is 3.27. The van der Waals surface area contributed by atoms with E-state index in [4.69, 9.17) is 4.42 Å². The average Bonchev–Trinajstić information content (AvgIpc) is 3.29. The molecule has 0 aliphatic heterocycles. The zero-order chi connectivity index (χ0) is 15.9. The molecule has 0 aromatic carbocycles. The number of nitrogens with zero attached hydrogens (tertiary/aromatic N) is 4. The highest BCUT2D eigenvalue weighted by molar-refractivity contribution is 14.0. The molecule has 3 rings (SSSR count). The quantitative estimate of drug-likeness (QED) is 0.363. The number of nitrogens with one attached hydrogen (secondary N) is 2. The molecule has 8 heteroatoms. The summed E-state index contributed by atoms with van der Waals surface area (Å²) in [5, 5.41) is 10.7. The van der Waals surface area contributed by atoms with Crippen LogP contribution in [0.25, 0.3) is 5.82 Å². The van der Waals surface area contributed by atoms with Gasteiger partial charge in [-0.25, -0.2) is 9.67 Å². The van der Waals surface area contributed by atoms with Gasteiger partial charge in [-0.15, -0.1) is 24.0 Å². The zero-order valence-electron chi connectivity index (χ0n) is 13.2. The van der Waals surface area contributed by atoms with Gasteiger partial charge in [0.05, 0.1) is 12.8 Å². The van der Waals surface area contributed by atoms with E-state index in [1.54, 1.807) is 30.4 Å². The van der Waals surface area contributed by atoms with E-state index in [9.17, 15) is 0 Å². The summed E-state index contributed by atoms with van der Waals surface area (Å²) >= 11 is 0. The van der Waals surface area contributed by atoms with Crippen LogP contribution in [-0.2, 0) is 13.1 Å². The Hall–Kier alpha value is -2.36. The maximum Gasteiger partial charge on any atom is 0.191 e. The summed E-state index contributed by atoms with van der Waals surface area (Å²) in [5.41, 5.74) is 1.03. The van der Waals surface area contributed by atoms with Gasteiger partial charge in [-0.2, -0.15) is 5.10 Å². The first-order valence-corrected chi connectivity index (χ1v) is 7.27. The molecular formula is C16H19IN6O. The number of rotatable bonds is 5. The highest BCUT2D eigenvalue weighted by Gasteiger charge is 2.07. The predicted molar refractivity (Wildman–Crippen MR) is 103 cm³/mol. The van der Waals surface area contributed by atoms with Gasteiger partial charge in [-0.05, 0) is 24.3 Å². The zero-order valence-corrected chi connectivity index (χ0v) is 15.5. The Bertz CT molecular complexity index is 755. The summed E-state index contributed by atoms with van der Waals surface area (Å²) in [6, 6.07) is 9.56. The van der Waals surface area contributed by atoms with Crippen LogP contribution < -0.4 is 10.6 Å². The molecule has 3 heterocycles.